The van der Waals surface area contributed by atoms with E-state index in [9.17, 15) is 4.79 Å². The maximum absolute atomic E-state index is 11.9. The number of rotatable bonds is 6. The third-order valence-corrected chi connectivity index (χ3v) is 3.10. The second kappa shape index (κ2) is 7.10. The Morgan fingerprint density at radius 1 is 1.18 bits per heavy atom. The SMILES string of the molecule is CCC(C)CC(CC)OC(=O)c1ccccc1. The van der Waals surface area contributed by atoms with Crippen LogP contribution in [-0.4, -0.2) is 12.1 Å². The van der Waals surface area contributed by atoms with Crippen molar-refractivity contribution in [3.8, 4) is 0 Å². The molecule has 2 atom stereocenters. The number of esters is 1. The van der Waals surface area contributed by atoms with E-state index in [1.54, 1.807) is 12.1 Å². The van der Waals surface area contributed by atoms with Gasteiger partial charge in [-0.2, -0.15) is 0 Å². The molecule has 2 heteroatoms. The van der Waals surface area contributed by atoms with E-state index < -0.39 is 0 Å². The molecule has 0 amide bonds. The minimum atomic E-state index is -0.208. The van der Waals surface area contributed by atoms with Crippen LogP contribution < -0.4 is 0 Å². The molecule has 0 N–H and O–H groups in total. The van der Waals surface area contributed by atoms with Gasteiger partial charge in [-0.25, -0.2) is 4.79 Å². The highest BCUT2D eigenvalue weighted by Crippen LogP contribution is 2.16. The molecular formula is C15H22O2. The lowest BCUT2D eigenvalue weighted by Gasteiger charge is -2.19. The summed E-state index contributed by atoms with van der Waals surface area (Å²) in [7, 11) is 0. The number of hydrogen-bond donors (Lipinski definition) is 0. The molecule has 2 unspecified atom stereocenters. The molecule has 0 saturated carbocycles. The molecule has 0 aliphatic heterocycles. The highest BCUT2D eigenvalue weighted by molar-refractivity contribution is 5.89. The summed E-state index contributed by atoms with van der Waals surface area (Å²) < 4.78 is 5.52. The Morgan fingerprint density at radius 2 is 1.82 bits per heavy atom. The Balaban J connectivity index is 2.54. The second-order valence-corrected chi connectivity index (χ2v) is 4.55. The molecular weight excluding hydrogens is 212 g/mol. The van der Waals surface area contributed by atoms with Crippen molar-refractivity contribution in [2.24, 2.45) is 5.92 Å². The van der Waals surface area contributed by atoms with Crippen molar-refractivity contribution in [1.29, 1.82) is 0 Å². The maximum Gasteiger partial charge on any atom is 0.338 e. The molecule has 0 heterocycles. The first-order valence-electron chi connectivity index (χ1n) is 6.43. The van der Waals surface area contributed by atoms with Gasteiger partial charge in [0.1, 0.15) is 6.10 Å². The van der Waals surface area contributed by atoms with Crippen LogP contribution in [0.15, 0.2) is 30.3 Å². The summed E-state index contributed by atoms with van der Waals surface area (Å²) >= 11 is 0. The zero-order chi connectivity index (χ0) is 12.7. The summed E-state index contributed by atoms with van der Waals surface area (Å²) in [6.45, 7) is 6.42. The molecule has 0 spiro atoms. The van der Waals surface area contributed by atoms with Crippen molar-refractivity contribution in [3.05, 3.63) is 35.9 Å². The molecule has 17 heavy (non-hydrogen) atoms. The van der Waals surface area contributed by atoms with Crippen LogP contribution in [0.5, 0.6) is 0 Å². The minimum Gasteiger partial charge on any atom is -0.459 e. The van der Waals surface area contributed by atoms with Crippen LogP contribution in [0.2, 0.25) is 0 Å². The number of benzene rings is 1. The molecule has 0 fully saturated rings. The lowest BCUT2D eigenvalue weighted by atomic mass is 9.99. The molecule has 0 saturated heterocycles. The standard InChI is InChI=1S/C15H22O2/c1-4-12(3)11-14(5-2)17-15(16)13-9-7-6-8-10-13/h6-10,12,14H,4-5,11H2,1-3H3. The topological polar surface area (TPSA) is 26.3 Å². The van der Waals surface area contributed by atoms with Crippen molar-refractivity contribution < 1.29 is 9.53 Å². The highest BCUT2D eigenvalue weighted by Gasteiger charge is 2.16. The molecule has 0 bridgehead atoms. The van der Waals surface area contributed by atoms with E-state index in [2.05, 4.69) is 20.8 Å². The summed E-state index contributed by atoms with van der Waals surface area (Å²) in [5.74, 6) is 0.393. The number of carbonyl (C=O) groups excluding carboxylic acids is 1. The quantitative estimate of drug-likeness (QED) is 0.694. The lowest BCUT2D eigenvalue weighted by molar-refractivity contribution is 0.0237. The van der Waals surface area contributed by atoms with Gasteiger partial charge in [-0.1, -0.05) is 45.4 Å². The first-order chi connectivity index (χ1) is 8.17. The van der Waals surface area contributed by atoms with Crippen LogP contribution in [0.4, 0.5) is 0 Å². The van der Waals surface area contributed by atoms with Crippen molar-refractivity contribution in [2.45, 2.75) is 46.1 Å². The van der Waals surface area contributed by atoms with Crippen LogP contribution in [-0.2, 0) is 4.74 Å². The Labute approximate surface area is 104 Å². The monoisotopic (exact) mass is 234 g/mol. The zero-order valence-corrected chi connectivity index (χ0v) is 11.0. The zero-order valence-electron chi connectivity index (χ0n) is 11.0. The average Bonchev–Trinajstić information content (AvgIpc) is 2.38. The third-order valence-electron chi connectivity index (χ3n) is 3.10. The van der Waals surface area contributed by atoms with Crippen molar-refractivity contribution >= 4 is 5.97 Å². The van der Waals surface area contributed by atoms with E-state index in [4.69, 9.17) is 4.74 Å². The highest BCUT2D eigenvalue weighted by atomic mass is 16.5. The van der Waals surface area contributed by atoms with Gasteiger partial charge in [0.2, 0.25) is 0 Å². The summed E-state index contributed by atoms with van der Waals surface area (Å²) in [4.78, 5) is 11.9. The van der Waals surface area contributed by atoms with Gasteiger partial charge < -0.3 is 4.74 Å². The lowest BCUT2D eigenvalue weighted by Crippen LogP contribution is -2.20. The van der Waals surface area contributed by atoms with Crippen molar-refractivity contribution in [1.82, 2.24) is 0 Å². The van der Waals surface area contributed by atoms with Crippen molar-refractivity contribution in [3.63, 3.8) is 0 Å². The molecule has 0 aliphatic rings. The van der Waals surface area contributed by atoms with E-state index in [1.807, 2.05) is 18.2 Å². The fourth-order valence-corrected chi connectivity index (χ4v) is 1.71. The Morgan fingerprint density at radius 3 is 2.35 bits per heavy atom. The Bertz CT molecular complexity index is 332. The van der Waals surface area contributed by atoms with Gasteiger partial charge in [0, 0.05) is 0 Å². The molecule has 1 rings (SSSR count). The van der Waals surface area contributed by atoms with Crippen molar-refractivity contribution in [2.75, 3.05) is 0 Å². The average molecular weight is 234 g/mol. The predicted octanol–water partition coefficient (Wildman–Crippen LogP) is 4.06. The fraction of sp³-hybridized carbons (Fsp3) is 0.533. The van der Waals surface area contributed by atoms with Gasteiger partial charge in [0.15, 0.2) is 0 Å². The third kappa shape index (κ3) is 4.59. The smallest absolute Gasteiger partial charge is 0.338 e. The van der Waals surface area contributed by atoms with E-state index in [0.717, 1.165) is 19.3 Å². The largest absolute Gasteiger partial charge is 0.459 e. The summed E-state index contributed by atoms with van der Waals surface area (Å²) in [6, 6.07) is 9.18. The van der Waals surface area contributed by atoms with E-state index in [-0.39, 0.29) is 12.1 Å². The van der Waals surface area contributed by atoms with Gasteiger partial charge >= 0.3 is 5.97 Å². The number of ether oxygens (including phenoxy) is 1. The van der Waals surface area contributed by atoms with E-state index in [0.29, 0.717) is 11.5 Å². The Hall–Kier alpha value is -1.31. The summed E-state index contributed by atoms with van der Waals surface area (Å²) in [5, 5.41) is 0. The van der Waals surface area contributed by atoms with E-state index >= 15 is 0 Å². The second-order valence-electron chi connectivity index (χ2n) is 4.55. The van der Waals surface area contributed by atoms with Crippen LogP contribution in [0.3, 0.4) is 0 Å². The first-order valence-corrected chi connectivity index (χ1v) is 6.43. The number of carbonyl (C=O) groups is 1. The number of hydrogen-bond acceptors (Lipinski definition) is 2. The molecule has 2 nitrogen and oxygen atoms in total. The van der Waals surface area contributed by atoms with Gasteiger partial charge in [-0.3, -0.25) is 0 Å². The molecule has 1 aromatic carbocycles. The summed E-state index contributed by atoms with van der Waals surface area (Å²) in [5.41, 5.74) is 0.634. The van der Waals surface area contributed by atoms with Gasteiger partial charge in [-0.15, -0.1) is 0 Å². The molecule has 0 radical (unpaired) electrons. The molecule has 0 aliphatic carbocycles. The first kappa shape index (κ1) is 13.8. The van der Waals surface area contributed by atoms with Crippen LogP contribution in [0, 0.1) is 5.92 Å². The van der Waals surface area contributed by atoms with Gasteiger partial charge in [-0.05, 0) is 30.9 Å². The van der Waals surface area contributed by atoms with Gasteiger partial charge in [0.05, 0.1) is 5.56 Å². The van der Waals surface area contributed by atoms with E-state index in [1.165, 1.54) is 0 Å². The minimum absolute atomic E-state index is 0.0395. The van der Waals surface area contributed by atoms with Crippen LogP contribution in [0.1, 0.15) is 50.4 Å². The predicted molar refractivity (Wildman–Crippen MR) is 70.0 cm³/mol. The summed E-state index contributed by atoms with van der Waals surface area (Å²) in [6.07, 6.45) is 2.99. The van der Waals surface area contributed by atoms with Crippen LogP contribution in [0.25, 0.3) is 0 Å². The normalized spacial score (nSPS) is 14.1. The molecule has 94 valence electrons. The van der Waals surface area contributed by atoms with Gasteiger partial charge in [0.25, 0.3) is 0 Å². The molecule has 0 aromatic heterocycles. The fourth-order valence-electron chi connectivity index (χ4n) is 1.71. The molecule has 1 aromatic rings. The Kier molecular flexibility index (Phi) is 5.75. The van der Waals surface area contributed by atoms with Crippen LogP contribution >= 0.6 is 0 Å². The maximum atomic E-state index is 11.9.